The van der Waals surface area contributed by atoms with Crippen LogP contribution < -0.4 is 0 Å². The maximum atomic E-state index is 12.5. The van der Waals surface area contributed by atoms with Crippen LogP contribution >= 0.6 is 0 Å². The number of benzene rings is 2. The van der Waals surface area contributed by atoms with Crippen LogP contribution in [0.5, 0.6) is 0 Å². The highest BCUT2D eigenvalue weighted by atomic mass is 16.6. The maximum absolute atomic E-state index is 12.5. The van der Waals surface area contributed by atoms with E-state index in [0.29, 0.717) is 29.7 Å². The van der Waals surface area contributed by atoms with E-state index in [2.05, 4.69) is 10.2 Å². The van der Waals surface area contributed by atoms with Crippen molar-refractivity contribution in [2.75, 3.05) is 13.7 Å². The Morgan fingerprint density at radius 1 is 1.00 bits per heavy atom. The average Bonchev–Trinajstić information content (AvgIpc) is 3.27. The summed E-state index contributed by atoms with van der Waals surface area (Å²) in [5, 5.41) is 18.6. The maximum Gasteiger partial charge on any atom is 0.338 e. The highest BCUT2D eigenvalue weighted by Crippen LogP contribution is 2.46. The first-order valence-electron chi connectivity index (χ1n) is 10.4. The smallest absolute Gasteiger partial charge is 0.338 e. The van der Waals surface area contributed by atoms with Crippen LogP contribution in [-0.2, 0) is 19.0 Å². The average molecular weight is 436 g/mol. The summed E-state index contributed by atoms with van der Waals surface area (Å²) in [5.74, 6) is -1.55. The normalized spacial score (nSPS) is 24.4. The molecule has 0 spiro atoms. The molecule has 32 heavy (non-hydrogen) atoms. The Morgan fingerprint density at radius 2 is 1.69 bits per heavy atom. The van der Waals surface area contributed by atoms with Gasteiger partial charge in [-0.15, -0.1) is 0 Å². The number of aliphatic hydroxyl groups is 1. The number of hydrogen-bond donors (Lipinski definition) is 1. The Bertz CT molecular complexity index is 1020. The lowest BCUT2D eigenvalue weighted by molar-refractivity contribution is -0.146. The molecule has 166 valence electrons. The second-order valence-corrected chi connectivity index (χ2v) is 7.79. The number of azo groups is 1. The highest BCUT2D eigenvalue weighted by molar-refractivity contribution is 5.90. The van der Waals surface area contributed by atoms with Crippen molar-refractivity contribution in [3.63, 3.8) is 0 Å². The minimum Gasteiger partial charge on any atom is -0.472 e. The van der Waals surface area contributed by atoms with E-state index in [9.17, 15) is 14.7 Å². The number of carbonyl (C=O) groups is 2. The number of carbonyl (C=O) groups excluding carboxylic acids is 2. The topological polar surface area (TPSA) is 107 Å². The highest BCUT2D eigenvalue weighted by Gasteiger charge is 2.47. The van der Waals surface area contributed by atoms with E-state index >= 15 is 0 Å². The van der Waals surface area contributed by atoms with Gasteiger partial charge in [0.25, 0.3) is 0 Å². The van der Waals surface area contributed by atoms with E-state index in [1.54, 1.807) is 24.3 Å². The third-order valence-corrected chi connectivity index (χ3v) is 5.91. The summed E-state index contributed by atoms with van der Waals surface area (Å²) < 4.78 is 15.6. The molecule has 2 aromatic rings. The summed E-state index contributed by atoms with van der Waals surface area (Å²) in [7, 11) is 1.31. The van der Waals surface area contributed by atoms with Crippen LogP contribution in [0.2, 0.25) is 0 Å². The van der Waals surface area contributed by atoms with Gasteiger partial charge in [-0.3, -0.25) is 0 Å². The Morgan fingerprint density at radius 3 is 2.38 bits per heavy atom. The quantitative estimate of drug-likeness (QED) is 0.534. The number of rotatable bonds is 6. The van der Waals surface area contributed by atoms with E-state index < -0.39 is 18.2 Å². The predicted octanol–water partition coefficient (Wildman–Crippen LogP) is 4.31. The SMILES string of the molecule is COC(=O)C1=COC(O)C2C(COC(=O)c3ccc(/N=N/c4ccccc4)cc3)CCC12. The van der Waals surface area contributed by atoms with Crippen molar-refractivity contribution < 1.29 is 28.9 Å². The molecule has 0 radical (unpaired) electrons. The van der Waals surface area contributed by atoms with Crippen LogP contribution in [0.25, 0.3) is 0 Å². The first-order valence-corrected chi connectivity index (χ1v) is 10.4. The summed E-state index contributed by atoms with van der Waals surface area (Å²) in [6, 6.07) is 16.0. The lowest BCUT2D eigenvalue weighted by Crippen LogP contribution is -2.37. The Balaban J connectivity index is 1.34. The van der Waals surface area contributed by atoms with Crippen molar-refractivity contribution in [2.24, 2.45) is 28.0 Å². The molecular weight excluding hydrogens is 412 g/mol. The molecule has 0 bridgehead atoms. The Labute approximate surface area is 185 Å². The van der Waals surface area contributed by atoms with Gasteiger partial charge < -0.3 is 19.3 Å². The van der Waals surface area contributed by atoms with Gasteiger partial charge in [-0.2, -0.15) is 10.2 Å². The lowest BCUT2D eigenvalue weighted by Gasteiger charge is -2.32. The van der Waals surface area contributed by atoms with Crippen molar-refractivity contribution in [3.8, 4) is 0 Å². The number of esters is 2. The van der Waals surface area contributed by atoms with Gasteiger partial charge in [-0.05, 0) is 49.2 Å². The summed E-state index contributed by atoms with van der Waals surface area (Å²) in [6.45, 7) is 0.129. The first-order chi connectivity index (χ1) is 15.6. The fourth-order valence-corrected chi connectivity index (χ4v) is 4.27. The van der Waals surface area contributed by atoms with Gasteiger partial charge in [0.2, 0.25) is 0 Å². The zero-order chi connectivity index (χ0) is 22.5. The minimum atomic E-state index is -1.05. The molecule has 0 amide bonds. The predicted molar refractivity (Wildman–Crippen MR) is 114 cm³/mol. The Hall–Kier alpha value is -3.52. The molecule has 4 unspecified atom stereocenters. The Kier molecular flexibility index (Phi) is 6.61. The van der Waals surface area contributed by atoms with Crippen LogP contribution in [0.15, 0.2) is 76.7 Å². The molecule has 0 saturated heterocycles. The van der Waals surface area contributed by atoms with Crippen molar-refractivity contribution >= 4 is 23.3 Å². The van der Waals surface area contributed by atoms with E-state index in [1.165, 1.54) is 13.4 Å². The molecule has 8 nitrogen and oxygen atoms in total. The van der Waals surface area contributed by atoms with Gasteiger partial charge >= 0.3 is 11.9 Å². The van der Waals surface area contributed by atoms with E-state index in [-0.39, 0.29) is 24.4 Å². The van der Waals surface area contributed by atoms with Crippen LogP contribution in [0.4, 0.5) is 11.4 Å². The zero-order valence-electron chi connectivity index (χ0n) is 17.6. The first kappa shape index (κ1) is 21.7. The zero-order valence-corrected chi connectivity index (χ0v) is 17.6. The lowest BCUT2D eigenvalue weighted by atomic mass is 9.83. The number of ether oxygens (including phenoxy) is 3. The molecule has 1 saturated carbocycles. The van der Waals surface area contributed by atoms with Crippen LogP contribution in [0.3, 0.4) is 0 Å². The van der Waals surface area contributed by atoms with Gasteiger partial charge in [0, 0.05) is 17.8 Å². The molecule has 1 fully saturated rings. The molecule has 8 heteroatoms. The molecular formula is C24H24N2O6. The fraction of sp³-hybridized carbons (Fsp3) is 0.333. The monoisotopic (exact) mass is 436 g/mol. The molecule has 4 atom stereocenters. The fourth-order valence-electron chi connectivity index (χ4n) is 4.27. The minimum absolute atomic E-state index is 0.119. The molecule has 1 heterocycles. The number of hydrogen-bond acceptors (Lipinski definition) is 8. The van der Waals surface area contributed by atoms with Gasteiger partial charge in [0.1, 0.15) is 0 Å². The van der Waals surface area contributed by atoms with Crippen molar-refractivity contribution in [3.05, 3.63) is 72.0 Å². The van der Waals surface area contributed by atoms with Crippen molar-refractivity contribution in [1.29, 1.82) is 0 Å². The molecule has 0 aromatic heterocycles. The van der Waals surface area contributed by atoms with Gasteiger partial charge in [-0.1, -0.05) is 18.2 Å². The van der Waals surface area contributed by atoms with Gasteiger partial charge in [0.15, 0.2) is 6.29 Å². The van der Waals surface area contributed by atoms with Crippen LogP contribution in [0, 0.1) is 17.8 Å². The van der Waals surface area contributed by atoms with Crippen molar-refractivity contribution in [2.45, 2.75) is 19.1 Å². The van der Waals surface area contributed by atoms with Gasteiger partial charge in [0.05, 0.1) is 42.5 Å². The molecule has 1 N–H and O–H groups in total. The van der Waals surface area contributed by atoms with E-state index in [4.69, 9.17) is 14.2 Å². The van der Waals surface area contributed by atoms with Crippen LogP contribution in [0.1, 0.15) is 23.2 Å². The molecule has 1 aliphatic heterocycles. The standard InChI is InChI=1S/C24H24N2O6/c1-30-23(28)20-14-32-24(29)21-16(9-12-19(20)21)13-31-22(27)15-7-10-18(11-8-15)26-25-17-5-3-2-4-6-17/h2-8,10-11,14,16,19,21,24,29H,9,12-13H2,1H3/b26-25+. The summed E-state index contributed by atoms with van der Waals surface area (Å²) in [6.07, 6.45) is 1.63. The summed E-state index contributed by atoms with van der Waals surface area (Å²) in [5.41, 5.74) is 2.17. The number of nitrogens with zero attached hydrogens (tertiary/aromatic N) is 2. The molecule has 2 aliphatic rings. The second-order valence-electron chi connectivity index (χ2n) is 7.79. The largest absolute Gasteiger partial charge is 0.472 e. The van der Waals surface area contributed by atoms with E-state index in [1.807, 2.05) is 30.3 Å². The number of aliphatic hydroxyl groups excluding tert-OH is 1. The number of fused-ring (bicyclic) bond motifs is 1. The third-order valence-electron chi connectivity index (χ3n) is 5.91. The van der Waals surface area contributed by atoms with E-state index in [0.717, 1.165) is 5.69 Å². The van der Waals surface area contributed by atoms with Crippen molar-refractivity contribution in [1.82, 2.24) is 0 Å². The summed E-state index contributed by atoms with van der Waals surface area (Å²) >= 11 is 0. The summed E-state index contributed by atoms with van der Waals surface area (Å²) in [4.78, 5) is 24.5. The second kappa shape index (κ2) is 9.74. The van der Waals surface area contributed by atoms with Gasteiger partial charge in [-0.25, -0.2) is 9.59 Å². The molecule has 2 aromatic carbocycles. The molecule has 4 rings (SSSR count). The molecule has 1 aliphatic carbocycles. The third kappa shape index (κ3) is 4.70. The number of methoxy groups -OCH3 is 1. The van der Waals surface area contributed by atoms with Crippen LogP contribution in [-0.4, -0.2) is 37.1 Å².